The third-order valence-electron chi connectivity index (χ3n) is 3.75. The summed E-state index contributed by atoms with van der Waals surface area (Å²) >= 11 is 1.51. The molecular weight excluding hydrogens is 268 g/mol. The maximum Gasteiger partial charge on any atom is 0.273 e. The molecule has 100 valence electrons. The summed E-state index contributed by atoms with van der Waals surface area (Å²) < 4.78 is 2.83. The second-order valence-electron chi connectivity index (χ2n) is 5.06. The van der Waals surface area contributed by atoms with Crippen LogP contribution in [0.5, 0.6) is 0 Å². The van der Waals surface area contributed by atoms with Gasteiger partial charge in [-0.25, -0.2) is 3.96 Å². The van der Waals surface area contributed by atoms with Crippen molar-refractivity contribution in [3.8, 4) is 5.69 Å². The first kappa shape index (κ1) is 11.7. The molecule has 0 aliphatic carbocycles. The summed E-state index contributed by atoms with van der Waals surface area (Å²) in [5.41, 5.74) is 3.56. The molecule has 4 heteroatoms. The highest BCUT2D eigenvalue weighted by Crippen LogP contribution is 2.26. The number of hydrogen-bond donors (Lipinski definition) is 1. The molecule has 3 nitrogen and oxygen atoms in total. The molecule has 1 N–H and O–H groups in total. The minimum atomic E-state index is 0.0781. The zero-order chi connectivity index (χ0) is 13.5. The Bertz CT molecular complexity index is 847. The van der Waals surface area contributed by atoms with Gasteiger partial charge in [-0.15, -0.1) is 0 Å². The summed E-state index contributed by atoms with van der Waals surface area (Å²) in [5, 5.41) is 4.20. The predicted molar refractivity (Wildman–Crippen MR) is 84.2 cm³/mol. The average Bonchev–Trinajstić information content (AvgIpc) is 2.84. The van der Waals surface area contributed by atoms with E-state index in [1.54, 1.807) is 3.96 Å². The highest BCUT2D eigenvalue weighted by atomic mass is 32.1. The topological polar surface area (TPSA) is 34.0 Å². The number of benzene rings is 2. The molecule has 4 rings (SSSR count). The van der Waals surface area contributed by atoms with E-state index in [1.165, 1.54) is 22.8 Å². The van der Waals surface area contributed by atoms with E-state index in [1.807, 2.05) is 30.3 Å². The molecule has 0 radical (unpaired) electrons. The van der Waals surface area contributed by atoms with E-state index in [0.717, 1.165) is 35.2 Å². The Morgan fingerprint density at radius 2 is 2.05 bits per heavy atom. The van der Waals surface area contributed by atoms with Gasteiger partial charge < -0.3 is 5.32 Å². The van der Waals surface area contributed by atoms with Gasteiger partial charge in [0.25, 0.3) is 5.56 Å². The van der Waals surface area contributed by atoms with Gasteiger partial charge in [0, 0.05) is 12.2 Å². The van der Waals surface area contributed by atoms with Crippen LogP contribution < -0.4 is 10.9 Å². The number of fused-ring (bicyclic) bond motifs is 2. The van der Waals surface area contributed by atoms with Crippen molar-refractivity contribution in [2.24, 2.45) is 0 Å². The van der Waals surface area contributed by atoms with E-state index in [2.05, 4.69) is 17.4 Å². The molecule has 0 unspecified atom stereocenters. The van der Waals surface area contributed by atoms with E-state index in [-0.39, 0.29) is 5.56 Å². The molecule has 2 aromatic carbocycles. The molecule has 1 aromatic heterocycles. The third-order valence-corrected chi connectivity index (χ3v) is 4.87. The summed E-state index contributed by atoms with van der Waals surface area (Å²) in [6.45, 7) is 1.04. The zero-order valence-electron chi connectivity index (χ0n) is 10.9. The van der Waals surface area contributed by atoms with E-state index >= 15 is 0 Å². The van der Waals surface area contributed by atoms with E-state index in [4.69, 9.17) is 0 Å². The fourth-order valence-electron chi connectivity index (χ4n) is 2.73. The van der Waals surface area contributed by atoms with Crippen molar-refractivity contribution >= 4 is 27.3 Å². The quantitative estimate of drug-likeness (QED) is 0.742. The number of nitrogens with zero attached hydrogens (tertiary/aromatic N) is 1. The lowest BCUT2D eigenvalue weighted by atomic mass is 10.0. The van der Waals surface area contributed by atoms with Gasteiger partial charge in [-0.1, -0.05) is 23.7 Å². The molecule has 0 atom stereocenters. The minimum Gasteiger partial charge on any atom is -0.385 e. The Hall–Kier alpha value is -2.07. The summed E-state index contributed by atoms with van der Waals surface area (Å²) in [6.07, 6.45) is 2.23. The smallest absolute Gasteiger partial charge is 0.273 e. The van der Waals surface area contributed by atoms with E-state index in [0.29, 0.717) is 0 Å². The fraction of sp³-hybridized carbons (Fsp3) is 0.188. The van der Waals surface area contributed by atoms with Crippen molar-refractivity contribution in [3.05, 3.63) is 58.4 Å². The van der Waals surface area contributed by atoms with Gasteiger partial charge in [-0.05, 0) is 48.7 Å². The molecule has 2 heterocycles. The molecule has 20 heavy (non-hydrogen) atoms. The Morgan fingerprint density at radius 3 is 2.95 bits per heavy atom. The highest BCUT2D eigenvalue weighted by Gasteiger charge is 2.12. The third kappa shape index (κ3) is 1.76. The van der Waals surface area contributed by atoms with Gasteiger partial charge in [0.05, 0.1) is 15.8 Å². The van der Waals surface area contributed by atoms with Gasteiger partial charge in [-0.2, -0.15) is 0 Å². The summed E-state index contributed by atoms with van der Waals surface area (Å²) in [7, 11) is 0. The lowest BCUT2D eigenvalue weighted by Crippen LogP contribution is -2.14. The maximum atomic E-state index is 12.5. The van der Waals surface area contributed by atoms with Gasteiger partial charge in [0.15, 0.2) is 0 Å². The molecule has 1 aliphatic heterocycles. The first-order valence-electron chi connectivity index (χ1n) is 6.81. The molecular formula is C16H14N2OS. The number of nitrogens with one attached hydrogen (secondary N) is 1. The molecule has 0 fully saturated rings. The first-order chi connectivity index (χ1) is 9.83. The standard InChI is InChI=1S/C16H14N2OS/c19-16-13-5-1-2-6-15(13)20-18(16)12-7-8-14-11(10-12)4-3-9-17-14/h1-2,5-8,10,17H,3-4,9H2. The second kappa shape index (κ2) is 4.49. The molecule has 0 spiro atoms. The van der Waals surface area contributed by atoms with Crippen molar-refractivity contribution in [2.75, 3.05) is 11.9 Å². The second-order valence-corrected chi connectivity index (χ2v) is 6.05. The monoisotopic (exact) mass is 282 g/mol. The molecule has 1 aliphatic rings. The number of rotatable bonds is 1. The van der Waals surface area contributed by atoms with Gasteiger partial charge in [-0.3, -0.25) is 4.79 Å². The Morgan fingerprint density at radius 1 is 1.15 bits per heavy atom. The van der Waals surface area contributed by atoms with Gasteiger partial charge >= 0.3 is 0 Å². The Balaban J connectivity index is 1.91. The minimum absolute atomic E-state index is 0.0781. The van der Waals surface area contributed by atoms with Crippen molar-refractivity contribution in [3.63, 3.8) is 0 Å². The van der Waals surface area contributed by atoms with Gasteiger partial charge in [0.1, 0.15) is 0 Å². The van der Waals surface area contributed by atoms with Gasteiger partial charge in [0.2, 0.25) is 0 Å². The summed E-state index contributed by atoms with van der Waals surface area (Å²) in [4.78, 5) is 12.5. The van der Waals surface area contributed by atoms with Crippen molar-refractivity contribution < 1.29 is 0 Å². The highest BCUT2D eigenvalue weighted by molar-refractivity contribution is 7.14. The largest absolute Gasteiger partial charge is 0.385 e. The molecule has 0 saturated carbocycles. The van der Waals surface area contributed by atoms with Crippen LogP contribution in [0.25, 0.3) is 15.8 Å². The van der Waals surface area contributed by atoms with Crippen LogP contribution in [-0.2, 0) is 6.42 Å². The SMILES string of the molecule is O=c1c2ccccc2sn1-c1ccc2c(c1)CCCN2. The maximum absolute atomic E-state index is 12.5. The zero-order valence-corrected chi connectivity index (χ0v) is 11.7. The summed E-state index contributed by atoms with van der Waals surface area (Å²) in [6, 6.07) is 14.0. The average molecular weight is 282 g/mol. The Kier molecular flexibility index (Phi) is 2.63. The molecule has 3 aromatic rings. The summed E-state index contributed by atoms with van der Waals surface area (Å²) in [5.74, 6) is 0. The van der Waals surface area contributed by atoms with Crippen molar-refractivity contribution in [1.29, 1.82) is 0 Å². The predicted octanol–water partition coefficient (Wildman–Crippen LogP) is 3.41. The first-order valence-corrected chi connectivity index (χ1v) is 7.58. The number of aromatic nitrogens is 1. The van der Waals surface area contributed by atoms with Crippen LogP contribution >= 0.6 is 11.5 Å². The van der Waals surface area contributed by atoms with Crippen LogP contribution in [0.15, 0.2) is 47.3 Å². The van der Waals surface area contributed by atoms with Crippen LogP contribution in [0.1, 0.15) is 12.0 Å². The van der Waals surface area contributed by atoms with Crippen LogP contribution in [0.3, 0.4) is 0 Å². The van der Waals surface area contributed by atoms with E-state index < -0.39 is 0 Å². The molecule has 0 amide bonds. The normalized spacial score (nSPS) is 14.0. The number of anilines is 1. The van der Waals surface area contributed by atoms with Crippen LogP contribution in [0.2, 0.25) is 0 Å². The van der Waals surface area contributed by atoms with Crippen LogP contribution in [0, 0.1) is 0 Å². The number of aryl methyl sites for hydroxylation is 1. The lowest BCUT2D eigenvalue weighted by molar-refractivity contribution is 0.829. The Labute approximate surface area is 120 Å². The molecule has 0 saturated heterocycles. The van der Waals surface area contributed by atoms with Crippen molar-refractivity contribution in [2.45, 2.75) is 12.8 Å². The lowest BCUT2D eigenvalue weighted by Gasteiger charge is -2.18. The van der Waals surface area contributed by atoms with Crippen molar-refractivity contribution in [1.82, 2.24) is 3.96 Å². The number of hydrogen-bond acceptors (Lipinski definition) is 3. The fourth-order valence-corrected chi connectivity index (χ4v) is 3.72. The van der Waals surface area contributed by atoms with E-state index in [9.17, 15) is 4.79 Å². The van der Waals surface area contributed by atoms with Crippen LogP contribution in [-0.4, -0.2) is 10.5 Å². The van der Waals surface area contributed by atoms with Crippen LogP contribution in [0.4, 0.5) is 5.69 Å². The molecule has 0 bridgehead atoms.